The smallest absolute Gasteiger partial charge is 0.338 e. The average Bonchev–Trinajstić information content (AvgIpc) is 3.48. The molecule has 43 heavy (non-hydrogen) atoms. The maximum absolute atomic E-state index is 14.6. The summed E-state index contributed by atoms with van der Waals surface area (Å²) in [6.45, 7) is 5.75. The molecule has 0 radical (unpaired) electrons. The van der Waals surface area contributed by atoms with Gasteiger partial charge in [0.25, 0.3) is 11.5 Å². The molecule has 218 valence electrons. The molecule has 0 saturated heterocycles. The first-order valence-corrected chi connectivity index (χ1v) is 15.4. The molecule has 2 aliphatic rings. The van der Waals surface area contributed by atoms with E-state index in [1.54, 1.807) is 25.0 Å². The molecule has 6 rings (SSSR count). The van der Waals surface area contributed by atoms with Crippen molar-refractivity contribution in [3.8, 4) is 5.75 Å². The van der Waals surface area contributed by atoms with Gasteiger partial charge in [0.1, 0.15) is 16.3 Å². The number of nitrogens with zero attached hydrogens (tertiary/aromatic N) is 3. The summed E-state index contributed by atoms with van der Waals surface area (Å²) in [6.07, 6.45) is 0. The molecule has 1 amide bonds. The van der Waals surface area contributed by atoms with Gasteiger partial charge in [-0.1, -0.05) is 75.8 Å². The second-order valence-corrected chi connectivity index (χ2v) is 12.2. The van der Waals surface area contributed by atoms with Crippen molar-refractivity contribution >= 4 is 56.1 Å². The number of fused-ring (bicyclic) bond motifs is 2. The Morgan fingerprint density at radius 3 is 2.47 bits per heavy atom. The zero-order valence-corrected chi connectivity index (χ0v) is 26.4. The summed E-state index contributed by atoms with van der Waals surface area (Å²) in [5.74, 6) is -0.356. The van der Waals surface area contributed by atoms with Crippen LogP contribution in [0.4, 0.5) is 5.69 Å². The topological polar surface area (TPSA) is 90.2 Å². The molecular formula is C33H28BrN3O5S. The molecule has 8 nitrogen and oxygen atoms in total. The SMILES string of the molecule is CCOC(=O)C1=C(c2ccccc2)N=c2s/c(=C3\C(=O)N(C(C)C)c4ccccc43)c(=O)n2[C@@H]1c1cc(Br)ccc1OC. The average molecular weight is 659 g/mol. The van der Waals surface area contributed by atoms with Gasteiger partial charge in [-0.25, -0.2) is 9.79 Å². The Kier molecular flexibility index (Phi) is 7.66. The van der Waals surface area contributed by atoms with Crippen LogP contribution in [0.1, 0.15) is 43.5 Å². The van der Waals surface area contributed by atoms with Gasteiger partial charge in [-0.3, -0.25) is 14.2 Å². The third-order valence-electron chi connectivity index (χ3n) is 7.44. The minimum atomic E-state index is -0.944. The number of ether oxygens (including phenoxy) is 2. The number of carbonyl (C=O) groups is 2. The van der Waals surface area contributed by atoms with Crippen molar-refractivity contribution < 1.29 is 19.1 Å². The van der Waals surface area contributed by atoms with Gasteiger partial charge in [0.2, 0.25) is 0 Å². The van der Waals surface area contributed by atoms with Gasteiger partial charge < -0.3 is 14.4 Å². The van der Waals surface area contributed by atoms with Crippen LogP contribution in [-0.4, -0.2) is 36.2 Å². The number of benzene rings is 3. The quantitative estimate of drug-likeness (QED) is 0.277. The lowest BCUT2D eigenvalue weighted by molar-refractivity contribution is -0.138. The first-order valence-electron chi connectivity index (χ1n) is 13.8. The Labute approximate surface area is 260 Å². The van der Waals surface area contributed by atoms with E-state index in [1.165, 1.54) is 4.57 Å². The first kappa shape index (κ1) is 28.8. The van der Waals surface area contributed by atoms with Crippen LogP contribution in [0.2, 0.25) is 0 Å². The number of para-hydroxylation sites is 1. The van der Waals surface area contributed by atoms with E-state index in [2.05, 4.69) is 15.9 Å². The number of aromatic nitrogens is 1. The molecule has 10 heteroatoms. The first-order chi connectivity index (χ1) is 20.8. The fourth-order valence-corrected chi connectivity index (χ4v) is 7.15. The number of amides is 1. The van der Waals surface area contributed by atoms with Crippen molar-refractivity contribution in [2.24, 2.45) is 4.99 Å². The Morgan fingerprint density at radius 2 is 1.77 bits per heavy atom. The molecule has 0 unspecified atom stereocenters. The lowest BCUT2D eigenvalue weighted by atomic mass is 9.92. The van der Waals surface area contributed by atoms with Gasteiger partial charge in [0.05, 0.1) is 36.2 Å². The fraction of sp³-hybridized carbons (Fsp3) is 0.212. The van der Waals surface area contributed by atoms with E-state index in [9.17, 15) is 14.4 Å². The molecule has 1 atom stereocenters. The minimum Gasteiger partial charge on any atom is -0.496 e. The van der Waals surface area contributed by atoms with E-state index in [-0.39, 0.29) is 28.7 Å². The molecule has 0 aliphatic carbocycles. The minimum absolute atomic E-state index is 0.117. The van der Waals surface area contributed by atoms with Crippen molar-refractivity contribution in [2.75, 3.05) is 18.6 Å². The number of methoxy groups -OCH3 is 1. The summed E-state index contributed by atoms with van der Waals surface area (Å²) in [4.78, 5) is 49.3. The van der Waals surface area contributed by atoms with Crippen LogP contribution in [0.5, 0.6) is 5.75 Å². The Hall–Kier alpha value is -4.28. The van der Waals surface area contributed by atoms with E-state index in [1.807, 2.05) is 80.6 Å². The van der Waals surface area contributed by atoms with E-state index < -0.39 is 17.6 Å². The van der Waals surface area contributed by atoms with Gasteiger partial charge in [-0.05, 0) is 45.0 Å². The van der Waals surface area contributed by atoms with Gasteiger partial charge in [0, 0.05) is 27.2 Å². The molecule has 2 aliphatic heterocycles. The summed E-state index contributed by atoms with van der Waals surface area (Å²) in [5.41, 5.74) is 3.22. The largest absolute Gasteiger partial charge is 0.496 e. The van der Waals surface area contributed by atoms with E-state index in [0.717, 1.165) is 21.5 Å². The maximum atomic E-state index is 14.6. The lowest BCUT2D eigenvalue weighted by Crippen LogP contribution is -2.41. The number of esters is 1. The highest BCUT2D eigenvalue weighted by molar-refractivity contribution is 9.10. The Bertz CT molecular complexity index is 1990. The molecule has 0 spiro atoms. The number of carbonyl (C=O) groups excluding carboxylic acids is 2. The van der Waals surface area contributed by atoms with Crippen LogP contribution in [0.25, 0.3) is 11.3 Å². The molecule has 0 N–H and O–H groups in total. The second kappa shape index (κ2) is 11.4. The zero-order chi connectivity index (χ0) is 30.4. The number of hydrogen-bond acceptors (Lipinski definition) is 7. The van der Waals surface area contributed by atoms with Crippen molar-refractivity contribution in [3.05, 3.63) is 119 Å². The van der Waals surface area contributed by atoms with Gasteiger partial charge in [0.15, 0.2) is 4.80 Å². The number of hydrogen-bond donors (Lipinski definition) is 0. The summed E-state index contributed by atoms with van der Waals surface area (Å²) in [5, 5.41) is 0. The highest BCUT2D eigenvalue weighted by Crippen LogP contribution is 2.40. The maximum Gasteiger partial charge on any atom is 0.338 e. The normalized spacial score (nSPS) is 17.1. The van der Waals surface area contributed by atoms with Crippen molar-refractivity contribution in [1.82, 2.24) is 4.57 Å². The molecule has 3 heterocycles. The summed E-state index contributed by atoms with van der Waals surface area (Å²) in [6, 6.07) is 21.2. The predicted molar refractivity (Wildman–Crippen MR) is 170 cm³/mol. The summed E-state index contributed by atoms with van der Waals surface area (Å²) < 4.78 is 13.8. The number of rotatable bonds is 6. The summed E-state index contributed by atoms with van der Waals surface area (Å²) in [7, 11) is 1.54. The Balaban J connectivity index is 1.75. The third kappa shape index (κ3) is 4.74. The van der Waals surface area contributed by atoms with Crippen LogP contribution >= 0.6 is 27.3 Å². The van der Waals surface area contributed by atoms with Crippen molar-refractivity contribution in [2.45, 2.75) is 32.9 Å². The van der Waals surface area contributed by atoms with Crippen molar-refractivity contribution in [1.29, 1.82) is 0 Å². The standard InChI is InChI=1S/C33H28BrN3O5S/c1-5-42-32(40)26-27(19-11-7-6-8-12-19)35-33-37(28(26)22-17-20(34)15-16-24(22)41-4)31(39)29(43-33)25-21-13-9-10-14-23(21)36(18(2)3)30(25)38/h6-18,28H,5H2,1-4H3/b29-25-/t28-/m1/s1. The molecule has 4 aromatic rings. The lowest BCUT2D eigenvalue weighted by Gasteiger charge is -2.27. The highest BCUT2D eigenvalue weighted by Gasteiger charge is 2.39. The van der Waals surface area contributed by atoms with E-state index in [0.29, 0.717) is 38.5 Å². The van der Waals surface area contributed by atoms with Crippen molar-refractivity contribution in [3.63, 3.8) is 0 Å². The molecule has 1 aromatic heterocycles. The van der Waals surface area contributed by atoms with Gasteiger partial charge in [-0.2, -0.15) is 0 Å². The third-order valence-corrected chi connectivity index (χ3v) is 8.99. The van der Waals surface area contributed by atoms with Crippen LogP contribution in [-0.2, 0) is 14.3 Å². The number of halogens is 1. The van der Waals surface area contributed by atoms with Crippen LogP contribution in [0.3, 0.4) is 0 Å². The summed E-state index contributed by atoms with van der Waals surface area (Å²) >= 11 is 4.70. The van der Waals surface area contributed by atoms with E-state index in [4.69, 9.17) is 14.5 Å². The molecular weight excluding hydrogens is 630 g/mol. The Morgan fingerprint density at radius 1 is 1.05 bits per heavy atom. The monoisotopic (exact) mass is 657 g/mol. The molecule has 3 aromatic carbocycles. The molecule has 0 bridgehead atoms. The second-order valence-electron chi connectivity index (χ2n) is 10.3. The number of thiazole rings is 1. The van der Waals surface area contributed by atoms with E-state index >= 15 is 0 Å². The fourth-order valence-electron chi connectivity index (χ4n) is 5.68. The van der Waals surface area contributed by atoms with Gasteiger partial charge >= 0.3 is 5.97 Å². The van der Waals surface area contributed by atoms with Crippen LogP contribution in [0, 0.1) is 0 Å². The molecule has 0 saturated carbocycles. The number of anilines is 1. The van der Waals surface area contributed by atoms with Crippen LogP contribution < -0.4 is 24.5 Å². The van der Waals surface area contributed by atoms with Crippen LogP contribution in [0.15, 0.2) is 92.6 Å². The predicted octanol–water partition coefficient (Wildman–Crippen LogP) is 4.83. The van der Waals surface area contributed by atoms with Gasteiger partial charge in [-0.15, -0.1) is 0 Å². The highest BCUT2D eigenvalue weighted by atomic mass is 79.9. The zero-order valence-electron chi connectivity index (χ0n) is 24.0. The molecule has 0 fully saturated rings.